The van der Waals surface area contributed by atoms with Crippen LogP contribution in [0.3, 0.4) is 0 Å². The fraction of sp³-hybridized carbons (Fsp3) is 0.190. The van der Waals surface area contributed by atoms with Crippen LogP contribution in [0.25, 0.3) is 11.3 Å². The van der Waals surface area contributed by atoms with Gasteiger partial charge in [0.05, 0.1) is 29.0 Å². The largest absolute Gasteiger partial charge is 0.378 e. The molecule has 0 radical (unpaired) electrons. The normalized spacial score (nSPS) is 13.7. The molecule has 1 aromatic heterocycles. The van der Waals surface area contributed by atoms with E-state index in [4.69, 9.17) is 27.9 Å². The van der Waals surface area contributed by atoms with E-state index in [-0.39, 0.29) is 6.03 Å². The fourth-order valence-corrected chi connectivity index (χ4v) is 3.36. The molecule has 0 spiro atoms. The number of morpholine rings is 1. The number of hydrogen-bond acceptors (Lipinski definition) is 5. The molecule has 0 saturated carbocycles. The van der Waals surface area contributed by atoms with Crippen molar-refractivity contribution < 1.29 is 9.53 Å². The van der Waals surface area contributed by atoms with E-state index >= 15 is 0 Å². The number of rotatable bonds is 4. The number of hydrogen-bond donors (Lipinski definition) is 2. The van der Waals surface area contributed by atoms with Gasteiger partial charge in [-0.2, -0.15) is 0 Å². The molecule has 3 aromatic rings. The lowest BCUT2D eigenvalue weighted by Gasteiger charge is -2.27. The van der Waals surface area contributed by atoms with Crippen molar-refractivity contribution in [3.8, 4) is 11.3 Å². The topological polar surface area (TPSA) is 79.4 Å². The van der Waals surface area contributed by atoms with Crippen LogP contribution in [-0.4, -0.2) is 42.5 Å². The van der Waals surface area contributed by atoms with Crippen LogP contribution >= 0.6 is 23.2 Å². The highest BCUT2D eigenvalue weighted by molar-refractivity contribution is 6.42. The molecule has 9 heteroatoms. The summed E-state index contributed by atoms with van der Waals surface area (Å²) < 4.78 is 5.37. The monoisotopic (exact) mass is 443 g/mol. The first-order valence-electron chi connectivity index (χ1n) is 9.38. The Balaban J connectivity index is 1.43. The van der Waals surface area contributed by atoms with Crippen LogP contribution in [0.4, 0.5) is 22.0 Å². The predicted molar refractivity (Wildman–Crippen MR) is 120 cm³/mol. The summed E-state index contributed by atoms with van der Waals surface area (Å²) in [5, 5.41) is 15.0. The maximum atomic E-state index is 12.3. The Bertz CT molecular complexity index is 1040. The highest BCUT2D eigenvalue weighted by atomic mass is 35.5. The van der Waals surface area contributed by atoms with Gasteiger partial charge >= 0.3 is 6.03 Å². The molecule has 2 aromatic carbocycles. The summed E-state index contributed by atoms with van der Waals surface area (Å²) in [6, 6.07) is 15.8. The first-order chi connectivity index (χ1) is 14.6. The second-order valence-corrected chi connectivity index (χ2v) is 7.48. The third-order valence-electron chi connectivity index (χ3n) is 4.58. The van der Waals surface area contributed by atoms with E-state index in [1.807, 2.05) is 30.3 Å². The molecule has 30 heavy (non-hydrogen) atoms. The molecule has 2 heterocycles. The van der Waals surface area contributed by atoms with Crippen LogP contribution in [-0.2, 0) is 4.74 Å². The van der Waals surface area contributed by atoms with E-state index in [1.165, 1.54) is 0 Å². The molecule has 2 N–H and O–H groups in total. The van der Waals surface area contributed by atoms with Crippen molar-refractivity contribution in [1.29, 1.82) is 0 Å². The number of amides is 2. The summed E-state index contributed by atoms with van der Waals surface area (Å²) in [5.41, 5.74) is 2.75. The SMILES string of the molecule is O=C(Nc1cccc(-c2ccc(N3CCOCC3)nn2)c1)Nc1ccc(Cl)c(Cl)c1. The number of halogens is 2. The van der Waals surface area contributed by atoms with Gasteiger partial charge in [0, 0.05) is 30.0 Å². The Morgan fingerprint density at radius 3 is 2.37 bits per heavy atom. The van der Waals surface area contributed by atoms with Gasteiger partial charge in [-0.1, -0.05) is 35.3 Å². The second-order valence-electron chi connectivity index (χ2n) is 6.67. The van der Waals surface area contributed by atoms with E-state index in [2.05, 4.69) is 25.7 Å². The van der Waals surface area contributed by atoms with Crippen LogP contribution in [0.5, 0.6) is 0 Å². The molecule has 4 rings (SSSR count). The fourth-order valence-electron chi connectivity index (χ4n) is 3.06. The van der Waals surface area contributed by atoms with Crippen molar-refractivity contribution in [3.63, 3.8) is 0 Å². The van der Waals surface area contributed by atoms with Crippen molar-refractivity contribution in [3.05, 3.63) is 64.6 Å². The van der Waals surface area contributed by atoms with E-state index in [0.717, 1.165) is 30.2 Å². The van der Waals surface area contributed by atoms with E-state index < -0.39 is 0 Å². The standard InChI is InChI=1S/C21H19Cl2N5O2/c22-17-5-4-16(13-18(17)23)25-21(29)24-15-3-1-2-14(12-15)19-6-7-20(27-26-19)28-8-10-30-11-9-28/h1-7,12-13H,8-11H2,(H2,24,25,29). The van der Waals surface area contributed by atoms with Gasteiger partial charge in [0.2, 0.25) is 0 Å². The van der Waals surface area contributed by atoms with Gasteiger partial charge in [0.1, 0.15) is 0 Å². The molecular formula is C21H19Cl2N5O2. The minimum absolute atomic E-state index is 0.371. The molecule has 154 valence electrons. The Hall–Kier alpha value is -2.87. The molecule has 0 bridgehead atoms. The number of carbonyl (C=O) groups excluding carboxylic acids is 1. The average Bonchev–Trinajstić information content (AvgIpc) is 2.77. The van der Waals surface area contributed by atoms with Crippen molar-refractivity contribution in [2.75, 3.05) is 41.8 Å². The van der Waals surface area contributed by atoms with Crippen LogP contribution in [0.2, 0.25) is 10.0 Å². The van der Waals surface area contributed by atoms with E-state index in [0.29, 0.717) is 34.6 Å². The third kappa shape index (κ3) is 4.99. The maximum absolute atomic E-state index is 12.3. The molecule has 1 aliphatic heterocycles. The number of anilines is 3. The summed E-state index contributed by atoms with van der Waals surface area (Å²) in [6.45, 7) is 3.01. The van der Waals surface area contributed by atoms with Crippen molar-refractivity contribution >= 4 is 46.4 Å². The summed E-state index contributed by atoms with van der Waals surface area (Å²) in [6.07, 6.45) is 0. The molecule has 0 atom stereocenters. The van der Waals surface area contributed by atoms with Crippen LogP contribution in [0, 0.1) is 0 Å². The summed E-state index contributed by atoms with van der Waals surface area (Å²) in [5.74, 6) is 0.831. The Kier molecular flexibility index (Phi) is 6.32. The van der Waals surface area contributed by atoms with Gasteiger partial charge in [-0.3, -0.25) is 0 Å². The number of urea groups is 1. The van der Waals surface area contributed by atoms with Crippen LogP contribution in [0.15, 0.2) is 54.6 Å². The molecular weight excluding hydrogens is 425 g/mol. The van der Waals surface area contributed by atoms with Gasteiger partial charge in [-0.15, -0.1) is 10.2 Å². The second kappa shape index (κ2) is 9.30. The highest BCUT2D eigenvalue weighted by Crippen LogP contribution is 2.26. The van der Waals surface area contributed by atoms with Crippen LogP contribution in [0.1, 0.15) is 0 Å². The zero-order valence-electron chi connectivity index (χ0n) is 15.9. The number of carbonyl (C=O) groups is 1. The van der Waals surface area contributed by atoms with Crippen molar-refractivity contribution in [1.82, 2.24) is 10.2 Å². The summed E-state index contributed by atoms with van der Waals surface area (Å²) in [4.78, 5) is 14.4. The molecule has 0 unspecified atom stereocenters. The Morgan fingerprint density at radius 2 is 1.67 bits per heavy atom. The maximum Gasteiger partial charge on any atom is 0.323 e. The molecule has 1 fully saturated rings. The van der Waals surface area contributed by atoms with E-state index in [9.17, 15) is 4.79 Å². The van der Waals surface area contributed by atoms with Gasteiger partial charge in [-0.05, 0) is 42.5 Å². The minimum Gasteiger partial charge on any atom is -0.378 e. The van der Waals surface area contributed by atoms with Crippen LogP contribution < -0.4 is 15.5 Å². The van der Waals surface area contributed by atoms with Crippen molar-refractivity contribution in [2.24, 2.45) is 0 Å². The first-order valence-corrected chi connectivity index (χ1v) is 10.1. The quantitative estimate of drug-likeness (QED) is 0.597. The predicted octanol–water partition coefficient (Wildman–Crippen LogP) is 4.93. The van der Waals surface area contributed by atoms with Gasteiger partial charge in [0.15, 0.2) is 5.82 Å². The number of benzene rings is 2. The zero-order chi connectivity index (χ0) is 20.9. The average molecular weight is 444 g/mol. The molecule has 1 saturated heterocycles. The number of ether oxygens (including phenoxy) is 1. The summed E-state index contributed by atoms with van der Waals surface area (Å²) in [7, 11) is 0. The zero-order valence-corrected chi connectivity index (χ0v) is 17.5. The molecule has 0 aliphatic carbocycles. The number of aromatic nitrogens is 2. The van der Waals surface area contributed by atoms with Gasteiger partial charge < -0.3 is 20.3 Å². The number of nitrogens with zero attached hydrogens (tertiary/aromatic N) is 3. The highest BCUT2D eigenvalue weighted by Gasteiger charge is 2.13. The Morgan fingerprint density at radius 1 is 0.900 bits per heavy atom. The third-order valence-corrected chi connectivity index (χ3v) is 5.32. The lowest BCUT2D eigenvalue weighted by atomic mass is 10.1. The lowest BCUT2D eigenvalue weighted by Crippen LogP contribution is -2.36. The van der Waals surface area contributed by atoms with E-state index in [1.54, 1.807) is 24.3 Å². The van der Waals surface area contributed by atoms with Gasteiger partial charge in [0.25, 0.3) is 0 Å². The number of nitrogens with one attached hydrogen (secondary N) is 2. The van der Waals surface area contributed by atoms with Gasteiger partial charge in [-0.25, -0.2) is 4.79 Å². The molecule has 2 amide bonds. The van der Waals surface area contributed by atoms with Crippen molar-refractivity contribution in [2.45, 2.75) is 0 Å². The summed E-state index contributed by atoms with van der Waals surface area (Å²) >= 11 is 11.9. The molecule has 1 aliphatic rings. The Labute approximate surface area is 184 Å². The lowest BCUT2D eigenvalue weighted by molar-refractivity contribution is 0.122. The first kappa shape index (κ1) is 20.4. The molecule has 7 nitrogen and oxygen atoms in total. The minimum atomic E-state index is -0.390. The smallest absolute Gasteiger partial charge is 0.323 e.